The van der Waals surface area contributed by atoms with Gasteiger partial charge in [0.1, 0.15) is 5.82 Å². The van der Waals surface area contributed by atoms with Gasteiger partial charge in [0, 0.05) is 12.6 Å². The van der Waals surface area contributed by atoms with Crippen LogP contribution >= 0.6 is 0 Å². The zero-order valence-corrected chi connectivity index (χ0v) is 13.3. The second kappa shape index (κ2) is 8.44. The SMILES string of the molecule is CCNC(CCN1CCCCCC1C)c1ccc(F)cn1. The lowest BCUT2D eigenvalue weighted by Crippen LogP contribution is -2.35. The fourth-order valence-corrected chi connectivity index (χ4v) is 3.16. The van der Waals surface area contributed by atoms with Crippen LogP contribution in [0.4, 0.5) is 4.39 Å². The molecule has 3 nitrogen and oxygen atoms in total. The molecule has 2 rings (SSSR count). The summed E-state index contributed by atoms with van der Waals surface area (Å²) in [6.07, 6.45) is 7.67. The van der Waals surface area contributed by atoms with Gasteiger partial charge in [-0.3, -0.25) is 4.98 Å². The Hall–Kier alpha value is -1.00. The molecule has 1 fully saturated rings. The topological polar surface area (TPSA) is 28.2 Å². The van der Waals surface area contributed by atoms with Crippen molar-refractivity contribution in [2.45, 2.75) is 58.0 Å². The van der Waals surface area contributed by atoms with E-state index < -0.39 is 0 Å². The van der Waals surface area contributed by atoms with Crippen LogP contribution in [0.1, 0.15) is 57.7 Å². The Morgan fingerprint density at radius 1 is 1.38 bits per heavy atom. The van der Waals surface area contributed by atoms with Crippen LogP contribution in [0.2, 0.25) is 0 Å². The van der Waals surface area contributed by atoms with E-state index in [-0.39, 0.29) is 11.9 Å². The highest BCUT2D eigenvalue weighted by Gasteiger charge is 2.19. The summed E-state index contributed by atoms with van der Waals surface area (Å²) >= 11 is 0. The van der Waals surface area contributed by atoms with Crippen molar-refractivity contribution in [3.05, 3.63) is 29.8 Å². The number of hydrogen-bond donors (Lipinski definition) is 1. The number of aromatic nitrogens is 1. The number of halogens is 1. The van der Waals surface area contributed by atoms with Crippen molar-refractivity contribution in [1.82, 2.24) is 15.2 Å². The van der Waals surface area contributed by atoms with Crippen LogP contribution in [0.15, 0.2) is 18.3 Å². The molecule has 0 bridgehead atoms. The molecule has 1 saturated heterocycles. The lowest BCUT2D eigenvalue weighted by atomic mass is 10.1. The van der Waals surface area contributed by atoms with Crippen LogP contribution in [-0.4, -0.2) is 35.6 Å². The third-order valence-corrected chi connectivity index (χ3v) is 4.45. The summed E-state index contributed by atoms with van der Waals surface area (Å²) in [7, 11) is 0. The predicted molar refractivity (Wildman–Crippen MR) is 84.7 cm³/mol. The molecule has 1 aliphatic rings. The number of nitrogens with one attached hydrogen (secondary N) is 1. The molecule has 0 aliphatic carbocycles. The third-order valence-electron chi connectivity index (χ3n) is 4.45. The average molecular weight is 293 g/mol. The molecule has 118 valence electrons. The van der Waals surface area contributed by atoms with Crippen molar-refractivity contribution in [1.29, 1.82) is 0 Å². The molecule has 0 amide bonds. The minimum absolute atomic E-state index is 0.214. The van der Waals surface area contributed by atoms with Crippen LogP contribution in [-0.2, 0) is 0 Å². The first-order valence-corrected chi connectivity index (χ1v) is 8.29. The van der Waals surface area contributed by atoms with Gasteiger partial charge >= 0.3 is 0 Å². The van der Waals surface area contributed by atoms with Crippen LogP contribution in [0.5, 0.6) is 0 Å². The Kier molecular flexibility index (Phi) is 6.58. The average Bonchev–Trinajstić information content (AvgIpc) is 2.69. The molecule has 1 aromatic heterocycles. The van der Waals surface area contributed by atoms with Crippen molar-refractivity contribution in [2.75, 3.05) is 19.6 Å². The summed E-state index contributed by atoms with van der Waals surface area (Å²) in [5.41, 5.74) is 0.945. The Bertz CT molecular complexity index is 407. The quantitative estimate of drug-likeness (QED) is 0.869. The maximum absolute atomic E-state index is 13.0. The van der Waals surface area contributed by atoms with Crippen molar-refractivity contribution >= 4 is 0 Å². The van der Waals surface area contributed by atoms with Gasteiger partial charge in [-0.25, -0.2) is 4.39 Å². The maximum atomic E-state index is 13.0. The van der Waals surface area contributed by atoms with Gasteiger partial charge < -0.3 is 10.2 Å². The number of nitrogens with zero attached hydrogens (tertiary/aromatic N) is 2. The van der Waals surface area contributed by atoms with Crippen LogP contribution in [0.25, 0.3) is 0 Å². The monoisotopic (exact) mass is 293 g/mol. The van der Waals surface area contributed by atoms with Gasteiger partial charge in [-0.05, 0) is 51.4 Å². The molecule has 1 aliphatic heterocycles. The van der Waals surface area contributed by atoms with E-state index in [0.717, 1.165) is 25.2 Å². The lowest BCUT2D eigenvalue weighted by Gasteiger charge is -2.29. The van der Waals surface area contributed by atoms with Gasteiger partial charge in [0.25, 0.3) is 0 Å². The number of hydrogen-bond acceptors (Lipinski definition) is 3. The van der Waals surface area contributed by atoms with Crippen molar-refractivity contribution in [2.24, 2.45) is 0 Å². The first-order chi connectivity index (χ1) is 10.2. The molecule has 1 aromatic rings. The highest BCUT2D eigenvalue weighted by atomic mass is 19.1. The van der Waals surface area contributed by atoms with E-state index >= 15 is 0 Å². The van der Waals surface area contributed by atoms with E-state index in [1.165, 1.54) is 44.5 Å². The van der Waals surface area contributed by atoms with Crippen LogP contribution in [0, 0.1) is 5.82 Å². The minimum atomic E-state index is -0.268. The highest BCUT2D eigenvalue weighted by Crippen LogP contribution is 2.20. The summed E-state index contributed by atoms with van der Waals surface area (Å²) in [6.45, 7) is 7.63. The second-order valence-electron chi connectivity index (χ2n) is 6.03. The van der Waals surface area contributed by atoms with Gasteiger partial charge in [0.2, 0.25) is 0 Å². The van der Waals surface area contributed by atoms with E-state index in [0.29, 0.717) is 6.04 Å². The van der Waals surface area contributed by atoms with E-state index in [4.69, 9.17) is 0 Å². The first-order valence-electron chi connectivity index (χ1n) is 8.29. The molecule has 0 spiro atoms. The van der Waals surface area contributed by atoms with E-state index in [2.05, 4.69) is 29.0 Å². The largest absolute Gasteiger partial charge is 0.309 e. The van der Waals surface area contributed by atoms with Gasteiger partial charge in [0.15, 0.2) is 0 Å². The smallest absolute Gasteiger partial charge is 0.141 e. The van der Waals surface area contributed by atoms with Crippen LogP contribution < -0.4 is 5.32 Å². The molecule has 2 unspecified atom stereocenters. The number of rotatable bonds is 6. The molecular weight excluding hydrogens is 265 g/mol. The Balaban J connectivity index is 1.94. The fourth-order valence-electron chi connectivity index (χ4n) is 3.16. The van der Waals surface area contributed by atoms with Gasteiger partial charge in [0.05, 0.1) is 17.9 Å². The van der Waals surface area contributed by atoms with Crippen molar-refractivity contribution in [3.63, 3.8) is 0 Å². The summed E-state index contributed by atoms with van der Waals surface area (Å²) in [6, 6.07) is 4.19. The lowest BCUT2D eigenvalue weighted by molar-refractivity contribution is 0.202. The van der Waals surface area contributed by atoms with Crippen molar-refractivity contribution < 1.29 is 4.39 Å². The number of likely N-dealkylation sites (tertiary alicyclic amines) is 1. The van der Waals surface area contributed by atoms with E-state index in [9.17, 15) is 4.39 Å². The first kappa shape index (κ1) is 16.4. The summed E-state index contributed by atoms with van der Waals surface area (Å²) < 4.78 is 13.0. The molecule has 21 heavy (non-hydrogen) atoms. The third kappa shape index (κ3) is 5.04. The molecule has 2 heterocycles. The minimum Gasteiger partial charge on any atom is -0.309 e. The Morgan fingerprint density at radius 2 is 2.24 bits per heavy atom. The van der Waals surface area contributed by atoms with Crippen molar-refractivity contribution in [3.8, 4) is 0 Å². The van der Waals surface area contributed by atoms with Crippen LogP contribution in [0.3, 0.4) is 0 Å². The van der Waals surface area contributed by atoms with Gasteiger partial charge in [-0.1, -0.05) is 19.8 Å². The summed E-state index contributed by atoms with van der Waals surface area (Å²) in [4.78, 5) is 6.84. The molecular formula is C17H28FN3. The molecule has 0 radical (unpaired) electrons. The number of pyridine rings is 1. The van der Waals surface area contributed by atoms with E-state index in [1.807, 2.05) is 0 Å². The van der Waals surface area contributed by atoms with Gasteiger partial charge in [-0.15, -0.1) is 0 Å². The standard InChI is InChI=1S/C17H28FN3/c1-3-19-17(16-9-8-15(18)13-20-16)10-12-21-11-6-4-5-7-14(21)2/h8-9,13-14,17,19H,3-7,10-12H2,1-2H3. The summed E-state index contributed by atoms with van der Waals surface area (Å²) in [5, 5.41) is 3.48. The molecule has 4 heteroatoms. The van der Waals surface area contributed by atoms with Gasteiger partial charge in [-0.2, -0.15) is 0 Å². The molecule has 0 aromatic carbocycles. The zero-order chi connectivity index (χ0) is 15.1. The molecule has 0 saturated carbocycles. The van der Waals surface area contributed by atoms with E-state index in [1.54, 1.807) is 6.07 Å². The molecule has 1 N–H and O–H groups in total. The Morgan fingerprint density at radius 3 is 2.95 bits per heavy atom. The maximum Gasteiger partial charge on any atom is 0.141 e. The Labute approximate surface area is 127 Å². The molecule has 2 atom stereocenters. The summed E-state index contributed by atoms with van der Waals surface area (Å²) in [5.74, 6) is -0.268. The predicted octanol–water partition coefficient (Wildman–Crippen LogP) is 3.53. The fraction of sp³-hybridized carbons (Fsp3) is 0.706. The normalized spacial score (nSPS) is 22.0. The second-order valence-corrected chi connectivity index (χ2v) is 6.03. The zero-order valence-electron chi connectivity index (χ0n) is 13.3. The highest BCUT2D eigenvalue weighted by molar-refractivity contribution is 5.10.